The second kappa shape index (κ2) is 6.38. The molecule has 0 unspecified atom stereocenters. The average molecular weight is 342 g/mol. The topological polar surface area (TPSA) is 71.6 Å². The van der Waals surface area contributed by atoms with Crippen LogP contribution < -0.4 is 0 Å². The Labute approximate surface area is 146 Å². The van der Waals surface area contributed by atoms with Gasteiger partial charge < -0.3 is 18.8 Å². The molecule has 7 heteroatoms. The van der Waals surface area contributed by atoms with E-state index >= 15 is 0 Å². The second-order valence-corrected chi connectivity index (χ2v) is 6.90. The van der Waals surface area contributed by atoms with Gasteiger partial charge in [0.2, 0.25) is 5.91 Å². The molecule has 2 aromatic heterocycles. The fourth-order valence-corrected chi connectivity index (χ4v) is 3.72. The number of rotatable bonds is 3. The first-order chi connectivity index (χ1) is 12.1. The number of nitrogens with zero attached hydrogens (tertiary/aromatic N) is 4. The molecule has 0 spiro atoms. The normalized spacial score (nSPS) is 20.7. The number of likely N-dealkylation sites (tertiary alicyclic amines) is 1. The third-order valence-corrected chi connectivity index (χ3v) is 4.96. The molecule has 0 bridgehead atoms. The lowest BCUT2D eigenvalue weighted by molar-refractivity contribution is -0.128. The number of amides is 2. The van der Waals surface area contributed by atoms with Gasteiger partial charge in [0.05, 0.1) is 6.54 Å². The van der Waals surface area contributed by atoms with E-state index in [1.807, 2.05) is 18.0 Å². The van der Waals surface area contributed by atoms with E-state index in [4.69, 9.17) is 4.42 Å². The highest BCUT2D eigenvalue weighted by Gasteiger charge is 2.30. The molecule has 1 fully saturated rings. The van der Waals surface area contributed by atoms with Crippen molar-refractivity contribution in [2.75, 3.05) is 19.6 Å². The van der Waals surface area contributed by atoms with E-state index in [1.165, 1.54) is 0 Å². The van der Waals surface area contributed by atoms with Crippen LogP contribution in [0, 0.1) is 12.8 Å². The maximum absolute atomic E-state index is 12.9. The van der Waals surface area contributed by atoms with Crippen molar-refractivity contribution in [3.05, 3.63) is 41.9 Å². The molecule has 2 amide bonds. The van der Waals surface area contributed by atoms with Crippen LogP contribution in [0.3, 0.4) is 0 Å². The molecule has 132 valence electrons. The zero-order valence-corrected chi connectivity index (χ0v) is 14.4. The second-order valence-electron chi connectivity index (χ2n) is 6.90. The Kier molecular flexibility index (Phi) is 4.07. The van der Waals surface area contributed by atoms with Gasteiger partial charge in [-0.25, -0.2) is 4.98 Å². The summed E-state index contributed by atoms with van der Waals surface area (Å²) in [7, 11) is 0. The van der Waals surface area contributed by atoms with Crippen molar-refractivity contribution in [1.82, 2.24) is 19.4 Å². The van der Waals surface area contributed by atoms with E-state index < -0.39 is 0 Å². The van der Waals surface area contributed by atoms with Gasteiger partial charge in [-0.1, -0.05) is 0 Å². The molecule has 25 heavy (non-hydrogen) atoms. The van der Waals surface area contributed by atoms with Crippen molar-refractivity contribution < 1.29 is 14.0 Å². The van der Waals surface area contributed by atoms with Crippen LogP contribution in [-0.4, -0.2) is 50.8 Å². The first-order valence-corrected chi connectivity index (χ1v) is 8.73. The van der Waals surface area contributed by atoms with Crippen molar-refractivity contribution in [3.8, 4) is 0 Å². The van der Waals surface area contributed by atoms with E-state index in [-0.39, 0.29) is 17.7 Å². The van der Waals surface area contributed by atoms with E-state index in [0.717, 1.165) is 31.1 Å². The SMILES string of the molecule is Cc1ccc(C(=O)N2Cc3nccn3C[C@@H](CN3CCCC3=O)C2)o1. The smallest absolute Gasteiger partial charge is 0.289 e. The minimum atomic E-state index is -0.123. The number of furan rings is 1. The molecule has 2 aromatic rings. The van der Waals surface area contributed by atoms with Crippen molar-refractivity contribution in [2.45, 2.75) is 32.9 Å². The molecular formula is C18H22N4O3. The maximum atomic E-state index is 12.9. The molecule has 7 nitrogen and oxygen atoms in total. The largest absolute Gasteiger partial charge is 0.456 e. The number of carbonyl (C=O) groups is 2. The molecule has 1 atom stereocenters. The fourth-order valence-electron chi connectivity index (χ4n) is 3.72. The lowest BCUT2D eigenvalue weighted by Crippen LogP contribution is -2.39. The summed E-state index contributed by atoms with van der Waals surface area (Å²) in [5.41, 5.74) is 0. The zero-order chi connectivity index (χ0) is 17.4. The molecule has 2 aliphatic heterocycles. The van der Waals surface area contributed by atoms with E-state index in [0.29, 0.717) is 31.8 Å². The minimum absolute atomic E-state index is 0.123. The number of imidazole rings is 1. The first-order valence-electron chi connectivity index (χ1n) is 8.73. The van der Waals surface area contributed by atoms with Crippen LogP contribution in [0.25, 0.3) is 0 Å². The number of fused-ring (bicyclic) bond motifs is 1. The number of hydrogen-bond acceptors (Lipinski definition) is 4. The highest BCUT2D eigenvalue weighted by Crippen LogP contribution is 2.21. The number of carbonyl (C=O) groups excluding carboxylic acids is 2. The van der Waals surface area contributed by atoms with Crippen LogP contribution in [0.1, 0.15) is 35.0 Å². The molecule has 0 aliphatic carbocycles. The Morgan fingerprint density at radius 3 is 2.96 bits per heavy atom. The Bertz CT molecular complexity index is 794. The number of aromatic nitrogens is 2. The van der Waals surface area contributed by atoms with E-state index in [1.54, 1.807) is 23.2 Å². The van der Waals surface area contributed by atoms with Crippen LogP contribution in [0.5, 0.6) is 0 Å². The van der Waals surface area contributed by atoms with Crippen LogP contribution in [0.2, 0.25) is 0 Å². The highest BCUT2D eigenvalue weighted by molar-refractivity contribution is 5.91. The maximum Gasteiger partial charge on any atom is 0.289 e. The summed E-state index contributed by atoms with van der Waals surface area (Å²) in [6.45, 7) is 5.13. The lowest BCUT2D eigenvalue weighted by atomic mass is 10.1. The quantitative estimate of drug-likeness (QED) is 0.851. The van der Waals surface area contributed by atoms with Gasteiger partial charge in [0.15, 0.2) is 5.76 Å². The molecule has 0 N–H and O–H groups in total. The van der Waals surface area contributed by atoms with Gasteiger partial charge in [-0.15, -0.1) is 0 Å². The summed E-state index contributed by atoms with van der Waals surface area (Å²) in [6, 6.07) is 3.51. The Hall–Kier alpha value is -2.57. The molecule has 0 saturated carbocycles. The minimum Gasteiger partial charge on any atom is -0.456 e. The Morgan fingerprint density at radius 2 is 2.24 bits per heavy atom. The summed E-state index contributed by atoms with van der Waals surface area (Å²) in [5, 5.41) is 0. The van der Waals surface area contributed by atoms with Crippen molar-refractivity contribution >= 4 is 11.8 Å². The Morgan fingerprint density at radius 1 is 1.36 bits per heavy atom. The summed E-state index contributed by atoms with van der Waals surface area (Å²) >= 11 is 0. The predicted octanol–water partition coefficient (Wildman–Crippen LogP) is 1.68. The van der Waals surface area contributed by atoms with Gasteiger partial charge in [-0.2, -0.15) is 0 Å². The molecular weight excluding hydrogens is 320 g/mol. The van der Waals surface area contributed by atoms with Gasteiger partial charge in [-0.05, 0) is 25.5 Å². The predicted molar refractivity (Wildman–Crippen MR) is 89.7 cm³/mol. The fraction of sp³-hybridized carbons (Fsp3) is 0.500. The zero-order valence-electron chi connectivity index (χ0n) is 14.4. The summed E-state index contributed by atoms with van der Waals surface area (Å²) < 4.78 is 7.60. The summed E-state index contributed by atoms with van der Waals surface area (Å²) in [5.74, 6) is 2.22. The van der Waals surface area contributed by atoms with Crippen LogP contribution in [0.15, 0.2) is 28.9 Å². The molecule has 4 heterocycles. The molecule has 0 radical (unpaired) electrons. The van der Waals surface area contributed by atoms with Gasteiger partial charge in [-0.3, -0.25) is 9.59 Å². The summed E-state index contributed by atoms with van der Waals surface area (Å²) in [4.78, 5) is 32.9. The lowest BCUT2D eigenvalue weighted by Gasteiger charge is -2.26. The van der Waals surface area contributed by atoms with E-state index in [2.05, 4.69) is 9.55 Å². The summed E-state index contributed by atoms with van der Waals surface area (Å²) in [6.07, 6.45) is 5.27. The van der Waals surface area contributed by atoms with Crippen LogP contribution in [0.4, 0.5) is 0 Å². The van der Waals surface area contributed by atoms with E-state index in [9.17, 15) is 9.59 Å². The van der Waals surface area contributed by atoms with Gasteiger partial charge in [0, 0.05) is 50.9 Å². The highest BCUT2D eigenvalue weighted by atomic mass is 16.3. The van der Waals surface area contributed by atoms with Gasteiger partial charge in [0.25, 0.3) is 5.91 Å². The van der Waals surface area contributed by atoms with Crippen molar-refractivity contribution in [1.29, 1.82) is 0 Å². The number of hydrogen-bond donors (Lipinski definition) is 0. The van der Waals surface area contributed by atoms with Crippen molar-refractivity contribution in [2.24, 2.45) is 5.92 Å². The average Bonchev–Trinajstić information content (AvgIpc) is 3.28. The standard InChI is InChI=1S/C18H22N4O3/c1-13-4-5-15(25-13)18(24)22-11-14(10-21-7-2-3-17(21)23)9-20-8-6-19-16(20)12-22/h4-6,8,14H,2-3,7,9-12H2,1H3/t14-/m0/s1. The monoisotopic (exact) mass is 342 g/mol. The van der Waals surface area contributed by atoms with Gasteiger partial charge >= 0.3 is 0 Å². The molecule has 1 saturated heterocycles. The molecule has 4 rings (SSSR count). The number of aryl methyl sites for hydroxylation is 1. The molecule has 2 aliphatic rings. The van der Waals surface area contributed by atoms with Crippen LogP contribution >= 0.6 is 0 Å². The van der Waals surface area contributed by atoms with Crippen LogP contribution in [-0.2, 0) is 17.9 Å². The Balaban J connectivity index is 1.56. The first kappa shape index (κ1) is 15.9. The third-order valence-electron chi connectivity index (χ3n) is 4.96. The van der Waals surface area contributed by atoms with Gasteiger partial charge in [0.1, 0.15) is 11.6 Å². The van der Waals surface area contributed by atoms with Crippen molar-refractivity contribution in [3.63, 3.8) is 0 Å². The molecule has 0 aromatic carbocycles. The third kappa shape index (κ3) is 3.18.